The van der Waals surface area contributed by atoms with Crippen molar-refractivity contribution in [2.45, 2.75) is 19.3 Å². The Labute approximate surface area is 119 Å². The molecule has 1 atom stereocenters. The highest BCUT2D eigenvalue weighted by Gasteiger charge is 2.16. The molecule has 0 radical (unpaired) electrons. The van der Waals surface area contributed by atoms with Gasteiger partial charge in [-0.15, -0.1) is 0 Å². The minimum atomic E-state index is -0.194. The van der Waals surface area contributed by atoms with E-state index in [-0.39, 0.29) is 11.8 Å². The summed E-state index contributed by atoms with van der Waals surface area (Å²) in [6.07, 6.45) is 2.53. The van der Waals surface area contributed by atoms with Crippen LogP contribution in [-0.2, 0) is 4.79 Å². The molecule has 1 heterocycles. The number of rotatable bonds is 5. The average Bonchev–Trinajstić information content (AvgIpc) is 2.98. The molecule has 2 rings (SSSR count). The lowest BCUT2D eigenvalue weighted by molar-refractivity contribution is -0.116. The molecule has 5 nitrogen and oxygen atoms in total. The van der Waals surface area contributed by atoms with Crippen LogP contribution in [0.15, 0.2) is 24.3 Å². The maximum atomic E-state index is 12.0. The summed E-state index contributed by atoms with van der Waals surface area (Å²) in [5.41, 5.74) is 1.06. The Morgan fingerprint density at radius 2 is 2.15 bits per heavy atom. The van der Waals surface area contributed by atoms with Crippen molar-refractivity contribution in [2.75, 3.05) is 25.5 Å². The van der Waals surface area contributed by atoms with Gasteiger partial charge >= 0.3 is 0 Å². The predicted octanol–water partition coefficient (Wildman–Crippen LogP) is 1.37. The topological polar surface area (TPSA) is 70.2 Å². The van der Waals surface area contributed by atoms with Gasteiger partial charge in [-0.2, -0.15) is 0 Å². The molecule has 1 saturated heterocycles. The molecule has 2 amide bonds. The molecule has 1 aromatic rings. The van der Waals surface area contributed by atoms with Crippen LogP contribution >= 0.6 is 0 Å². The molecule has 1 aromatic carbocycles. The van der Waals surface area contributed by atoms with Gasteiger partial charge in [-0.25, -0.2) is 0 Å². The summed E-state index contributed by atoms with van der Waals surface area (Å²) in [5, 5.41) is 8.70. The van der Waals surface area contributed by atoms with Crippen LogP contribution in [0, 0.1) is 5.92 Å². The highest BCUT2D eigenvalue weighted by Crippen LogP contribution is 2.17. The highest BCUT2D eigenvalue weighted by molar-refractivity contribution is 6.03. The van der Waals surface area contributed by atoms with Gasteiger partial charge in [0.25, 0.3) is 5.91 Å². The highest BCUT2D eigenvalue weighted by atomic mass is 16.2. The summed E-state index contributed by atoms with van der Waals surface area (Å²) in [7, 11) is 1.58. The monoisotopic (exact) mass is 275 g/mol. The van der Waals surface area contributed by atoms with Crippen LogP contribution in [0.3, 0.4) is 0 Å². The van der Waals surface area contributed by atoms with E-state index in [1.54, 1.807) is 25.2 Å². The number of hydrogen-bond acceptors (Lipinski definition) is 3. The molecule has 0 bridgehead atoms. The first-order valence-electron chi connectivity index (χ1n) is 7.02. The molecule has 1 unspecified atom stereocenters. The third kappa shape index (κ3) is 3.81. The number of carbonyl (C=O) groups is 2. The van der Waals surface area contributed by atoms with E-state index >= 15 is 0 Å². The summed E-state index contributed by atoms with van der Waals surface area (Å²) < 4.78 is 0. The van der Waals surface area contributed by atoms with Gasteiger partial charge in [0.1, 0.15) is 0 Å². The number of para-hydroxylation sites is 1. The molecular weight excluding hydrogens is 254 g/mol. The van der Waals surface area contributed by atoms with Gasteiger partial charge in [-0.1, -0.05) is 12.1 Å². The lowest BCUT2D eigenvalue weighted by Gasteiger charge is -2.11. The molecule has 3 N–H and O–H groups in total. The first-order chi connectivity index (χ1) is 9.70. The van der Waals surface area contributed by atoms with Crippen molar-refractivity contribution in [3.63, 3.8) is 0 Å². The smallest absolute Gasteiger partial charge is 0.253 e. The fourth-order valence-corrected chi connectivity index (χ4v) is 2.43. The van der Waals surface area contributed by atoms with Gasteiger partial charge < -0.3 is 16.0 Å². The van der Waals surface area contributed by atoms with E-state index < -0.39 is 0 Å². The Hall–Kier alpha value is -1.88. The Kier molecular flexibility index (Phi) is 5.12. The van der Waals surface area contributed by atoms with E-state index in [0.717, 1.165) is 25.9 Å². The minimum absolute atomic E-state index is 0.0340. The number of nitrogens with one attached hydrogen (secondary N) is 3. The van der Waals surface area contributed by atoms with E-state index in [9.17, 15) is 9.59 Å². The van der Waals surface area contributed by atoms with Crippen LogP contribution in [0.2, 0.25) is 0 Å². The lowest BCUT2D eigenvalue weighted by atomic mass is 10.0. The van der Waals surface area contributed by atoms with Crippen LogP contribution in [0.1, 0.15) is 29.6 Å². The zero-order valence-corrected chi connectivity index (χ0v) is 11.7. The second-order valence-electron chi connectivity index (χ2n) is 5.07. The van der Waals surface area contributed by atoms with Crippen molar-refractivity contribution in [2.24, 2.45) is 5.92 Å². The number of amides is 2. The van der Waals surface area contributed by atoms with E-state index in [0.29, 0.717) is 23.6 Å². The largest absolute Gasteiger partial charge is 0.355 e. The molecule has 0 aliphatic carbocycles. The molecule has 108 valence electrons. The molecule has 20 heavy (non-hydrogen) atoms. The van der Waals surface area contributed by atoms with Crippen LogP contribution in [0.4, 0.5) is 5.69 Å². The Balaban J connectivity index is 1.91. The maximum absolute atomic E-state index is 12.0. The molecule has 1 aliphatic heterocycles. The van der Waals surface area contributed by atoms with Crippen LogP contribution in [0.5, 0.6) is 0 Å². The van der Waals surface area contributed by atoms with Gasteiger partial charge in [0.2, 0.25) is 5.91 Å². The zero-order valence-electron chi connectivity index (χ0n) is 11.7. The third-order valence-corrected chi connectivity index (χ3v) is 3.61. The number of anilines is 1. The molecule has 0 aromatic heterocycles. The SMILES string of the molecule is CNC(=O)c1ccccc1NC(=O)CCC1CCNC1. The van der Waals surface area contributed by atoms with Crippen molar-refractivity contribution in [3.8, 4) is 0 Å². The summed E-state index contributed by atoms with van der Waals surface area (Å²) in [6.45, 7) is 2.05. The predicted molar refractivity (Wildman–Crippen MR) is 78.7 cm³/mol. The average molecular weight is 275 g/mol. The standard InChI is InChI=1S/C15H21N3O2/c1-16-15(20)12-4-2-3-5-13(12)18-14(19)7-6-11-8-9-17-10-11/h2-5,11,17H,6-10H2,1H3,(H,16,20)(H,18,19). The maximum Gasteiger partial charge on any atom is 0.253 e. The van der Waals surface area contributed by atoms with Crippen molar-refractivity contribution >= 4 is 17.5 Å². The lowest BCUT2D eigenvalue weighted by Crippen LogP contribution is -2.21. The fraction of sp³-hybridized carbons (Fsp3) is 0.467. The third-order valence-electron chi connectivity index (χ3n) is 3.61. The Morgan fingerprint density at radius 1 is 1.35 bits per heavy atom. The first-order valence-corrected chi connectivity index (χ1v) is 7.02. The summed E-state index contributed by atoms with van der Waals surface area (Å²) >= 11 is 0. The molecule has 5 heteroatoms. The molecule has 0 saturated carbocycles. The van der Waals surface area contributed by atoms with Crippen LogP contribution in [0.25, 0.3) is 0 Å². The summed E-state index contributed by atoms with van der Waals surface area (Å²) in [4.78, 5) is 23.7. The number of benzene rings is 1. The van der Waals surface area contributed by atoms with Gasteiger partial charge in [-0.05, 0) is 44.0 Å². The summed E-state index contributed by atoms with van der Waals surface area (Å²) in [6, 6.07) is 7.04. The molecule has 0 spiro atoms. The van der Waals surface area contributed by atoms with Gasteiger partial charge in [-0.3, -0.25) is 9.59 Å². The zero-order chi connectivity index (χ0) is 14.4. The van der Waals surface area contributed by atoms with E-state index in [1.165, 1.54) is 0 Å². The quantitative estimate of drug-likeness (QED) is 0.760. The number of hydrogen-bond donors (Lipinski definition) is 3. The van der Waals surface area contributed by atoms with Crippen molar-refractivity contribution in [3.05, 3.63) is 29.8 Å². The normalized spacial score (nSPS) is 17.8. The van der Waals surface area contributed by atoms with Gasteiger partial charge in [0, 0.05) is 13.5 Å². The van der Waals surface area contributed by atoms with E-state index in [2.05, 4.69) is 16.0 Å². The van der Waals surface area contributed by atoms with E-state index in [4.69, 9.17) is 0 Å². The number of carbonyl (C=O) groups excluding carboxylic acids is 2. The van der Waals surface area contributed by atoms with Crippen LogP contribution in [-0.4, -0.2) is 32.0 Å². The molecule has 1 fully saturated rings. The van der Waals surface area contributed by atoms with Crippen LogP contribution < -0.4 is 16.0 Å². The Morgan fingerprint density at radius 3 is 2.85 bits per heavy atom. The molecular formula is C15H21N3O2. The van der Waals surface area contributed by atoms with Crippen molar-refractivity contribution in [1.29, 1.82) is 0 Å². The van der Waals surface area contributed by atoms with Gasteiger partial charge in [0.15, 0.2) is 0 Å². The Bertz CT molecular complexity index is 482. The summed E-state index contributed by atoms with van der Waals surface area (Å²) in [5.74, 6) is 0.365. The van der Waals surface area contributed by atoms with Gasteiger partial charge in [0.05, 0.1) is 11.3 Å². The van der Waals surface area contributed by atoms with Crippen molar-refractivity contribution in [1.82, 2.24) is 10.6 Å². The first kappa shape index (κ1) is 14.5. The molecule has 1 aliphatic rings. The minimum Gasteiger partial charge on any atom is -0.355 e. The second kappa shape index (κ2) is 7.05. The van der Waals surface area contributed by atoms with Crippen molar-refractivity contribution < 1.29 is 9.59 Å². The second-order valence-corrected chi connectivity index (χ2v) is 5.07. The van der Waals surface area contributed by atoms with E-state index in [1.807, 2.05) is 6.07 Å². The fourth-order valence-electron chi connectivity index (χ4n) is 2.43.